The molecule has 18 heavy (non-hydrogen) atoms. The second kappa shape index (κ2) is 5.19. The van der Waals surface area contributed by atoms with Crippen LogP contribution in [0.25, 0.3) is 11.3 Å². The predicted molar refractivity (Wildman–Crippen MR) is 71.4 cm³/mol. The third-order valence-electron chi connectivity index (χ3n) is 2.83. The summed E-state index contributed by atoms with van der Waals surface area (Å²) >= 11 is 0. The fourth-order valence-corrected chi connectivity index (χ4v) is 1.95. The second-order valence-electron chi connectivity index (χ2n) is 3.95. The van der Waals surface area contributed by atoms with E-state index >= 15 is 0 Å². The van der Waals surface area contributed by atoms with Crippen molar-refractivity contribution in [1.82, 2.24) is 4.98 Å². The van der Waals surface area contributed by atoms with Crippen LogP contribution in [0.15, 0.2) is 42.6 Å². The molecule has 0 N–H and O–H groups in total. The van der Waals surface area contributed by atoms with Crippen molar-refractivity contribution < 1.29 is 9.53 Å². The fraction of sp³-hybridized carbons (Fsp3) is 0.143. The summed E-state index contributed by atoms with van der Waals surface area (Å²) in [5.41, 5.74) is 2.48. The number of fused-ring (bicyclic) bond motifs is 1. The van der Waals surface area contributed by atoms with Gasteiger partial charge in [0, 0.05) is 18.2 Å². The van der Waals surface area contributed by atoms with E-state index < -0.39 is 0 Å². The molecule has 2 heterocycles. The minimum absolute atomic E-state index is 0. The molecule has 0 saturated heterocycles. The molecule has 3 rings (SSSR count). The topological polar surface area (TPSA) is 39.2 Å². The molecule has 0 spiro atoms. The van der Waals surface area contributed by atoms with Crippen LogP contribution in [-0.2, 0) is 0 Å². The third-order valence-corrected chi connectivity index (χ3v) is 2.83. The predicted octanol–water partition coefficient (Wildman–Crippen LogP) is 3.14. The smallest absolute Gasteiger partial charge is 0.170 e. The van der Waals surface area contributed by atoms with Crippen molar-refractivity contribution in [2.45, 2.75) is 6.42 Å². The Kier molecular flexibility index (Phi) is 3.63. The van der Waals surface area contributed by atoms with E-state index in [2.05, 4.69) is 4.98 Å². The molecular formula is C14H12ClNO2. The Labute approximate surface area is 111 Å². The highest BCUT2D eigenvalue weighted by Crippen LogP contribution is 2.29. The normalized spacial score (nSPS) is 13.2. The number of hydrogen-bond acceptors (Lipinski definition) is 3. The molecule has 3 nitrogen and oxygen atoms in total. The number of benzene rings is 1. The Morgan fingerprint density at radius 3 is 2.83 bits per heavy atom. The molecular weight excluding hydrogens is 250 g/mol. The van der Waals surface area contributed by atoms with Gasteiger partial charge in [-0.1, -0.05) is 6.07 Å². The first-order valence-electron chi connectivity index (χ1n) is 5.56. The van der Waals surface area contributed by atoms with E-state index in [1.54, 1.807) is 6.20 Å². The van der Waals surface area contributed by atoms with Crippen LogP contribution in [-0.4, -0.2) is 17.4 Å². The molecule has 0 aliphatic carbocycles. The number of ketones is 1. The average Bonchev–Trinajstić information content (AvgIpc) is 2.40. The van der Waals surface area contributed by atoms with Crippen LogP contribution >= 0.6 is 12.4 Å². The van der Waals surface area contributed by atoms with Crippen molar-refractivity contribution in [3.8, 4) is 17.0 Å². The largest absolute Gasteiger partial charge is 0.492 e. The molecule has 1 aliphatic rings. The van der Waals surface area contributed by atoms with E-state index in [1.807, 2.05) is 36.4 Å². The van der Waals surface area contributed by atoms with Gasteiger partial charge in [-0.15, -0.1) is 12.4 Å². The van der Waals surface area contributed by atoms with E-state index in [0.717, 1.165) is 11.3 Å². The zero-order valence-corrected chi connectivity index (χ0v) is 10.4. The van der Waals surface area contributed by atoms with Crippen molar-refractivity contribution in [3.63, 3.8) is 0 Å². The van der Waals surface area contributed by atoms with Crippen LogP contribution in [0, 0.1) is 0 Å². The van der Waals surface area contributed by atoms with E-state index in [1.165, 1.54) is 0 Å². The van der Waals surface area contributed by atoms with Crippen molar-refractivity contribution >= 4 is 18.2 Å². The molecule has 92 valence electrons. The molecule has 0 amide bonds. The highest BCUT2D eigenvalue weighted by Gasteiger charge is 2.18. The lowest BCUT2D eigenvalue weighted by atomic mass is 10.0. The SMILES string of the molecule is Cl.O=C1CCOc2ccc(-c3ccccn3)cc21. The number of pyridine rings is 1. The molecule has 0 radical (unpaired) electrons. The molecule has 0 atom stereocenters. The van der Waals surface area contributed by atoms with Gasteiger partial charge >= 0.3 is 0 Å². The molecule has 0 saturated carbocycles. The first-order chi connectivity index (χ1) is 8.34. The van der Waals surface area contributed by atoms with Crippen LogP contribution in [0.4, 0.5) is 0 Å². The van der Waals surface area contributed by atoms with E-state index in [9.17, 15) is 4.79 Å². The highest BCUT2D eigenvalue weighted by atomic mass is 35.5. The van der Waals surface area contributed by atoms with Gasteiger partial charge in [-0.3, -0.25) is 9.78 Å². The highest BCUT2D eigenvalue weighted by molar-refractivity contribution is 6.00. The minimum atomic E-state index is 0. The fourth-order valence-electron chi connectivity index (χ4n) is 1.95. The van der Waals surface area contributed by atoms with Gasteiger partial charge in [0.25, 0.3) is 0 Å². The Balaban J connectivity index is 0.00000120. The lowest BCUT2D eigenvalue weighted by Crippen LogP contribution is -2.15. The molecule has 1 aromatic carbocycles. The number of aromatic nitrogens is 1. The van der Waals surface area contributed by atoms with Gasteiger partial charge in [0.05, 0.1) is 17.9 Å². The van der Waals surface area contributed by atoms with Gasteiger partial charge in [0.15, 0.2) is 5.78 Å². The second-order valence-corrected chi connectivity index (χ2v) is 3.95. The van der Waals surface area contributed by atoms with Crippen molar-refractivity contribution in [3.05, 3.63) is 48.2 Å². The standard InChI is InChI=1S/C14H11NO2.ClH/c16-13-6-8-17-14-5-4-10(9-11(13)14)12-3-1-2-7-15-12;/h1-5,7,9H,6,8H2;1H. The molecule has 1 aliphatic heterocycles. The Morgan fingerprint density at radius 2 is 2.06 bits per heavy atom. The third kappa shape index (κ3) is 2.22. The molecule has 1 aromatic heterocycles. The maximum absolute atomic E-state index is 11.8. The number of hydrogen-bond donors (Lipinski definition) is 0. The summed E-state index contributed by atoms with van der Waals surface area (Å²) in [6.45, 7) is 0.481. The van der Waals surface area contributed by atoms with Gasteiger partial charge in [-0.2, -0.15) is 0 Å². The van der Waals surface area contributed by atoms with Crippen LogP contribution in [0.2, 0.25) is 0 Å². The number of Topliss-reactive ketones (excluding diaryl/α,β-unsaturated/α-hetero) is 1. The Bertz CT molecular complexity index is 569. The molecule has 0 unspecified atom stereocenters. The first kappa shape index (κ1) is 12.6. The Hall–Kier alpha value is -1.87. The van der Waals surface area contributed by atoms with Crippen LogP contribution in [0.5, 0.6) is 5.75 Å². The van der Waals surface area contributed by atoms with Gasteiger partial charge in [-0.25, -0.2) is 0 Å². The van der Waals surface area contributed by atoms with Crippen molar-refractivity contribution in [1.29, 1.82) is 0 Å². The number of rotatable bonds is 1. The first-order valence-corrected chi connectivity index (χ1v) is 5.56. The Morgan fingerprint density at radius 1 is 1.17 bits per heavy atom. The van der Waals surface area contributed by atoms with Gasteiger partial charge in [0.1, 0.15) is 5.75 Å². The zero-order chi connectivity index (χ0) is 11.7. The summed E-state index contributed by atoms with van der Waals surface area (Å²) in [5, 5.41) is 0. The van der Waals surface area contributed by atoms with Gasteiger partial charge in [-0.05, 0) is 30.3 Å². The number of nitrogens with zero attached hydrogens (tertiary/aromatic N) is 1. The van der Waals surface area contributed by atoms with Crippen LogP contribution in [0.1, 0.15) is 16.8 Å². The summed E-state index contributed by atoms with van der Waals surface area (Å²) < 4.78 is 5.44. The van der Waals surface area contributed by atoms with Crippen LogP contribution < -0.4 is 4.74 Å². The quantitative estimate of drug-likeness (QED) is 0.792. The van der Waals surface area contributed by atoms with Gasteiger partial charge < -0.3 is 4.74 Å². The maximum Gasteiger partial charge on any atom is 0.170 e. The molecule has 0 fully saturated rings. The summed E-state index contributed by atoms with van der Waals surface area (Å²) in [6.07, 6.45) is 2.20. The molecule has 4 heteroatoms. The minimum Gasteiger partial charge on any atom is -0.492 e. The molecule has 0 bridgehead atoms. The number of carbonyl (C=O) groups is 1. The zero-order valence-electron chi connectivity index (χ0n) is 9.63. The van der Waals surface area contributed by atoms with E-state index in [-0.39, 0.29) is 18.2 Å². The van der Waals surface area contributed by atoms with Crippen molar-refractivity contribution in [2.75, 3.05) is 6.61 Å². The molecule has 2 aromatic rings. The van der Waals surface area contributed by atoms with E-state index in [4.69, 9.17) is 4.74 Å². The lowest BCUT2D eigenvalue weighted by molar-refractivity contribution is 0.0933. The maximum atomic E-state index is 11.8. The summed E-state index contributed by atoms with van der Waals surface area (Å²) in [4.78, 5) is 16.0. The summed E-state index contributed by atoms with van der Waals surface area (Å²) in [7, 11) is 0. The monoisotopic (exact) mass is 261 g/mol. The van der Waals surface area contributed by atoms with E-state index in [0.29, 0.717) is 24.3 Å². The van der Waals surface area contributed by atoms with Gasteiger partial charge in [0.2, 0.25) is 0 Å². The summed E-state index contributed by atoms with van der Waals surface area (Å²) in [6, 6.07) is 11.4. The lowest BCUT2D eigenvalue weighted by Gasteiger charge is -2.16. The number of carbonyl (C=O) groups excluding carboxylic acids is 1. The number of ether oxygens (including phenoxy) is 1. The van der Waals surface area contributed by atoms with Crippen LogP contribution in [0.3, 0.4) is 0 Å². The average molecular weight is 262 g/mol. The van der Waals surface area contributed by atoms with Crippen molar-refractivity contribution in [2.24, 2.45) is 0 Å². The number of halogens is 1. The summed E-state index contributed by atoms with van der Waals surface area (Å²) in [5.74, 6) is 0.824.